The van der Waals surface area contributed by atoms with E-state index in [-0.39, 0.29) is 11.6 Å². The number of hydrogen-bond donors (Lipinski definition) is 0. The van der Waals surface area contributed by atoms with Gasteiger partial charge < -0.3 is 4.90 Å². The summed E-state index contributed by atoms with van der Waals surface area (Å²) in [5.41, 5.74) is 0.172. The van der Waals surface area contributed by atoms with Crippen molar-refractivity contribution in [3.05, 3.63) is 29.8 Å². The third-order valence-electron chi connectivity index (χ3n) is 2.10. The van der Waals surface area contributed by atoms with E-state index in [2.05, 4.69) is 4.98 Å². The van der Waals surface area contributed by atoms with Crippen molar-refractivity contribution in [3.8, 4) is 0 Å². The van der Waals surface area contributed by atoms with Crippen molar-refractivity contribution in [2.24, 2.45) is 0 Å². The summed E-state index contributed by atoms with van der Waals surface area (Å²) in [7, 11) is 0. The van der Waals surface area contributed by atoms with Gasteiger partial charge in [0.1, 0.15) is 5.69 Å². The molecule has 0 atom stereocenters. The van der Waals surface area contributed by atoms with Crippen molar-refractivity contribution in [1.29, 1.82) is 0 Å². The molecule has 82 valence electrons. The first-order valence-corrected chi connectivity index (χ1v) is 5.10. The lowest BCUT2D eigenvalue weighted by Gasteiger charge is -2.19. The van der Waals surface area contributed by atoms with Gasteiger partial charge in [0.2, 0.25) is 5.95 Å². The van der Waals surface area contributed by atoms with Crippen molar-refractivity contribution in [2.75, 3.05) is 13.1 Å². The average molecular weight is 210 g/mol. The summed E-state index contributed by atoms with van der Waals surface area (Å²) < 4.78 is 12.8. The zero-order valence-electron chi connectivity index (χ0n) is 9.03. The van der Waals surface area contributed by atoms with Gasteiger partial charge in [-0.25, -0.2) is 4.98 Å². The second-order valence-corrected chi connectivity index (χ2v) is 3.23. The normalized spacial score (nSPS) is 10.1. The molecular formula is C11H15FN2O. The monoisotopic (exact) mass is 210 g/mol. The van der Waals surface area contributed by atoms with E-state index in [1.165, 1.54) is 18.2 Å². The maximum atomic E-state index is 12.8. The first-order chi connectivity index (χ1) is 7.19. The van der Waals surface area contributed by atoms with Crippen LogP contribution in [-0.4, -0.2) is 28.9 Å². The fourth-order valence-corrected chi connectivity index (χ4v) is 1.36. The van der Waals surface area contributed by atoms with Gasteiger partial charge in [-0.15, -0.1) is 0 Å². The Balaban J connectivity index is 2.82. The summed E-state index contributed by atoms with van der Waals surface area (Å²) in [6.07, 6.45) is 0.884. The van der Waals surface area contributed by atoms with Crippen molar-refractivity contribution >= 4 is 5.91 Å². The Morgan fingerprint density at radius 2 is 2.20 bits per heavy atom. The quantitative estimate of drug-likeness (QED) is 0.713. The minimum absolute atomic E-state index is 0.172. The molecule has 0 fully saturated rings. The smallest absolute Gasteiger partial charge is 0.272 e. The average Bonchev–Trinajstić information content (AvgIpc) is 2.25. The fourth-order valence-electron chi connectivity index (χ4n) is 1.36. The number of aromatic nitrogens is 1. The third-order valence-corrected chi connectivity index (χ3v) is 2.10. The molecule has 1 aromatic heterocycles. The van der Waals surface area contributed by atoms with Crippen molar-refractivity contribution in [1.82, 2.24) is 9.88 Å². The largest absolute Gasteiger partial charge is 0.338 e. The Morgan fingerprint density at radius 1 is 1.47 bits per heavy atom. The van der Waals surface area contributed by atoms with E-state index in [9.17, 15) is 9.18 Å². The highest BCUT2D eigenvalue weighted by Crippen LogP contribution is 2.03. The summed E-state index contributed by atoms with van der Waals surface area (Å²) in [6, 6.07) is 4.26. The first-order valence-electron chi connectivity index (χ1n) is 5.10. The van der Waals surface area contributed by atoms with Crippen LogP contribution in [0.25, 0.3) is 0 Å². The Bertz CT molecular complexity index is 341. The Morgan fingerprint density at radius 3 is 2.73 bits per heavy atom. The molecule has 0 saturated heterocycles. The van der Waals surface area contributed by atoms with E-state index in [0.717, 1.165) is 6.42 Å². The number of amides is 1. The van der Waals surface area contributed by atoms with Gasteiger partial charge in [-0.3, -0.25) is 4.79 Å². The zero-order valence-corrected chi connectivity index (χ0v) is 9.03. The number of halogens is 1. The van der Waals surface area contributed by atoms with Gasteiger partial charge in [-0.2, -0.15) is 4.39 Å². The molecule has 0 spiro atoms. The first kappa shape index (κ1) is 11.6. The molecule has 3 nitrogen and oxygen atoms in total. The number of pyridine rings is 1. The Hall–Kier alpha value is -1.45. The van der Waals surface area contributed by atoms with Crippen molar-refractivity contribution in [2.45, 2.75) is 20.3 Å². The summed E-state index contributed by atoms with van der Waals surface area (Å²) in [5, 5.41) is 0. The van der Waals surface area contributed by atoms with Gasteiger partial charge in [0.05, 0.1) is 0 Å². The molecular weight excluding hydrogens is 195 g/mol. The van der Waals surface area contributed by atoms with Crippen molar-refractivity contribution < 1.29 is 9.18 Å². The molecule has 15 heavy (non-hydrogen) atoms. The molecule has 0 aliphatic carbocycles. The lowest BCUT2D eigenvalue weighted by atomic mass is 10.3. The van der Waals surface area contributed by atoms with Crippen LogP contribution in [-0.2, 0) is 0 Å². The summed E-state index contributed by atoms with van der Waals surface area (Å²) in [5.74, 6) is -0.827. The SMILES string of the molecule is CCCN(CC)C(=O)c1cccc(F)n1. The molecule has 1 heterocycles. The lowest BCUT2D eigenvalue weighted by molar-refractivity contribution is 0.0757. The molecule has 0 saturated carbocycles. The van der Waals surface area contributed by atoms with Crippen LogP contribution in [0.3, 0.4) is 0 Å². The molecule has 0 radical (unpaired) electrons. The standard InChI is InChI=1S/C11H15FN2O/c1-3-8-14(4-2)11(15)9-6-5-7-10(12)13-9/h5-7H,3-4,8H2,1-2H3. The van der Waals surface area contributed by atoms with Crippen LogP contribution in [0.5, 0.6) is 0 Å². The number of carbonyl (C=O) groups is 1. The van der Waals surface area contributed by atoms with Crippen molar-refractivity contribution in [3.63, 3.8) is 0 Å². The van der Waals surface area contributed by atoms with Gasteiger partial charge in [0.15, 0.2) is 0 Å². The topological polar surface area (TPSA) is 33.2 Å². The molecule has 1 aromatic rings. The van der Waals surface area contributed by atoms with E-state index in [1.54, 1.807) is 4.90 Å². The number of rotatable bonds is 4. The van der Waals surface area contributed by atoms with Gasteiger partial charge in [-0.1, -0.05) is 13.0 Å². The van der Waals surface area contributed by atoms with E-state index in [1.807, 2.05) is 13.8 Å². The highest BCUT2D eigenvalue weighted by molar-refractivity contribution is 5.92. The van der Waals surface area contributed by atoms with Crippen LogP contribution in [0.1, 0.15) is 30.8 Å². The minimum atomic E-state index is -0.617. The molecule has 1 amide bonds. The molecule has 4 heteroatoms. The number of hydrogen-bond acceptors (Lipinski definition) is 2. The summed E-state index contributed by atoms with van der Waals surface area (Å²) in [6.45, 7) is 5.18. The lowest BCUT2D eigenvalue weighted by Crippen LogP contribution is -2.32. The summed E-state index contributed by atoms with van der Waals surface area (Å²) in [4.78, 5) is 17.0. The molecule has 0 aromatic carbocycles. The van der Waals surface area contributed by atoms with E-state index in [4.69, 9.17) is 0 Å². The highest BCUT2D eigenvalue weighted by atomic mass is 19.1. The Labute approximate surface area is 88.9 Å². The second-order valence-electron chi connectivity index (χ2n) is 3.23. The zero-order chi connectivity index (χ0) is 11.3. The molecule has 0 aliphatic heterocycles. The van der Waals surface area contributed by atoms with Crippen LogP contribution in [0.4, 0.5) is 4.39 Å². The van der Waals surface area contributed by atoms with Crippen LogP contribution in [0.15, 0.2) is 18.2 Å². The number of carbonyl (C=O) groups excluding carboxylic acids is 1. The van der Waals surface area contributed by atoms with Crippen LogP contribution < -0.4 is 0 Å². The van der Waals surface area contributed by atoms with E-state index < -0.39 is 5.95 Å². The van der Waals surface area contributed by atoms with Gasteiger partial charge in [0, 0.05) is 13.1 Å². The second kappa shape index (κ2) is 5.44. The number of nitrogens with zero attached hydrogens (tertiary/aromatic N) is 2. The Kier molecular flexibility index (Phi) is 4.21. The molecule has 0 bridgehead atoms. The predicted octanol–water partition coefficient (Wildman–Crippen LogP) is 2.09. The van der Waals surface area contributed by atoms with Gasteiger partial charge >= 0.3 is 0 Å². The van der Waals surface area contributed by atoms with E-state index in [0.29, 0.717) is 13.1 Å². The molecule has 1 rings (SSSR count). The minimum Gasteiger partial charge on any atom is -0.338 e. The van der Waals surface area contributed by atoms with Gasteiger partial charge in [-0.05, 0) is 25.5 Å². The van der Waals surface area contributed by atoms with Crippen LogP contribution in [0, 0.1) is 5.95 Å². The summed E-state index contributed by atoms with van der Waals surface area (Å²) >= 11 is 0. The maximum absolute atomic E-state index is 12.8. The highest BCUT2D eigenvalue weighted by Gasteiger charge is 2.14. The van der Waals surface area contributed by atoms with Crippen LogP contribution >= 0.6 is 0 Å². The molecule has 0 N–H and O–H groups in total. The fraction of sp³-hybridized carbons (Fsp3) is 0.455. The molecule has 0 unspecified atom stereocenters. The van der Waals surface area contributed by atoms with Gasteiger partial charge in [0.25, 0.3) is 5.91 Å². The predicted molar refractivity (Wildman–Crippen MR) is 56.1 cm³/mol. The molecule has 0 aliphatic rings. The van der Waals surface area contributed by atoms with E-state index >= 15 is 0 Å². The maximum Gasteiger partial charge on any atom is 0.272 e. The van der Waals surface area contributed by atoms with Crippen LogP contribution in [0.2, 0.25) is 0 Å². The third kappa shape index (κ3) is 3.01.